The van der Waals surface area contributed by atoms with Crippen LogP contribution in [0.25, 0.3) is 0 Å². The maximum Gasteiger partial charge on any atom is 0.261 e. The lowest BCUT2D eigenvalue weighted by molar-refractivity contribution is -0.128. The van der Waals surface area contributed by atoms with Crippen LogP contribution in [0.5, 0.6) is 5.75 Å². The molecule has 1 amide bonds. The SMILES string of the molecule is Cc1cccc(CNC(=O)C2CCN(S(C)(=O)=O)c3cc(Cl)ccc3O2)c1. The molecule has 27 heavy (non-hydrogen) atoms. The van der Waals surface area contributed by atoms with Crippen molar-refractivity contribution in [3.8, 4) is 5.75 Å². The van der Waals surface area contributed by atoms with Gasteiger partial charge in [0.1, 0.15) is 5.75 Å². The summed E-state index contributed by atoms with van der Waals surface area (Å²) in [4.78, 5) is 12.6. The van der Waals surface area contributed by atoms with E-state index in [0.29, 0.717) is 23.0 Å². The van der Waals surface area contributed by atoms with Gasteiger partial charge in [0.15, 0.2) is 6.10 Å². The number of carbonyl (C=O) groups excluding carboxylic acids is 1. The molecule has 0 spiro atoms. The fourth-order valence-electron chi connectivity index (χ4n) is 3.01. The van der Waals surface area contributed by atoms with E-state index < -0.39 is 16.1 Å². The number of hydrogen-bond donors (Lipinski definition) is 1. The first-order valence-corrected chi connectivity index (χ1v) is 10.7. The third-order valence-electron chi connectivity index (χ3n) is 4.30. The lowest BCUT2D eigenvalue weighted by Gasteiger charge is -2.21. The van der Waals surface area contributed by atoms with Gasteiger partial charge in [-0.1, -0.05) is 41.4 Å². The van der Waals surface area contributed by atoms with E-state index >= 15 is 0 Å². The van der Waals surface area contributed by atoms with Crippen molar-refractivity contribution < 1.29 is 17.9 Å². The monoisotopic (exact) mass is 408 g/mol. The van der Waals surface area contributed by atoms with Crippen LogP contribution in [0.1, 0.15) is 17.5 Å². The van der Waals surface area contributed by atoms with Crippen LogP contribution < -0.4 is 14.4 Å². The summed E-state index contributed by atoms with van der Waals surface area (Å²) in [7, 11) is -3.53. The predicted molar refractivity (Wildman–Crippen MR) is 106 cm³/mol. The molecule has 1 N–H and O–H groups in total. The highest BCUT2D eigenvalue weighted by Crippen LogP contribution is 2.36. The van der Waals surface area contributed by atoms with Crippen LogP contribution >= 0.6 is 11.6 Å². The first kappa shape index (κ1) is 19.5. The van der Waals surface area contributed by atoms with Crippen molar-refractivity contribution in [2.75, 3.05) is 17.1 Å². The molecule has 144 valence electrons. The Balaban J connectivity index is 1.78. The second-order valence-electron chi connectivity index (χ2n) is 6.55. The maximum absolute atomic E-state index is 12.6. The summed E-state index contributed by atoms with van der Waals surface area (Å²) in [5.74, 6) is 0.0331. The van der Waals surface area contributed by atoms with E-state index in [1.54, 1.807) is 12.1 Å². The Morgan fingerprint density at radius 3 is 2.78 bits per heavy atom. The van der Waals surface area contributed by atoms with Crippen LogP contribution in [0.2, 0.25) is 5.02 Å². The van der Waals surface area contributed by atoms with Gasteiger partial charge in [-0.25, -0.2) is 8.42 Å². The van der Waals surface area contributed by atoms with E-state index in [-0.39, 0.29) is 18.9 Å². The van der Waals surface area contributed by atoms with Crippen LogP contribution in [-0.2, 0) is 21.4 Å². The summed E-state index contributed by atoms with van der Waals surface area (Å²) in [5, 5.41) is 3.26. The maximum atomic E-state index is 12.6. The molecule has 1 aliphatic rings. The number of nitrogens with one attached hydrogen (secondary N) is 1. The number of carbonyl (C=O) groups is 1. The molecule has 0 bridgehead atoms. The lowest BCUT2D eigenvalue weighted by atomic mass is 10.1. The van der Waals surface area contributed by atoms with Gasteiger partial charge in [-0.15, -0.1) is 0 Å². The van der Waals surface area contributed by atoms with Gasteiger partial charge < -0.3 is 10.1 Å². The molecule has 0 aromatic heterocycles. The zero-order valence-corrected chi connectivity index (χ0v) is 16.7. The lowest BCUT2D eigenvalue weighted by Crippen LogP contribution is -2.39. The van der Waals surface area contributed by atoms with E-state index in [1.165, 1.54) is 10.4 Å². The summed E-state index contributed by atoms with van der Waals surface area (Å²) in [5.41, 5.74) is 2.45. The van der Waals surface area contributed by atoms with Crippen molar-refractivity contribution in [1.29, 1.82) is 0 Å². The number of sulfonamides is 1. The average molecular weight is 409 g/mol. The number of halogens is 1. The van der Waals surface area contributed by atoms with Gasteiger partial charge in [0.2, 0.25) is 10.0 Å². The van der Waals surface area contributed by atoms with Gasteiger partial charge >= 0.3 is 0 Å². The summed E-state index contributed by atoms with van der Waals surface area (Å²) in [6, 6.07) is 12.6. The molecule has 6 nitrogen and oxygen atoms in total. The highest BCUT2D eigenvalue weighted by Gasteiger charge is 2.31. The van der Waals surface area contributed by atoms with Crippen LogP contribution in [0, 0.1) is 6.92 Å². The van der Waals surface area contributed by atoms with Gasteiger partial charge in [0, 0.05) is 24.5 Å². The summed E-state index contributed by atoms with van der Waals surface area (Å²) in [6.07, 6.45) is 0.566. The normalized spacial score (nSPS) is 16.9. The topological polar surface area (TPSA) is 75.7 Å². The first-order valence-electron chi connectivity index (χ1n) is 8.51. The van der Waals surface area contributed by atoms with Crippen LogP contribution in [0.15, 0.2) is 42.5 Å². The number of fused-ring (bicyclic) bond motifs is 1. The molecule has 0 aliphatic carbocycles. The molecule has 1 heterocycles. The van der Waals surface area contributed by atoms with Crippen molar-refractivity contribution in [3.63, 3.8) is 0 Å². The van der Waals surface area contributed by atoms with Crippen LogP contribution in [-0.4, -0.2) is 33.2 Å². The van der Waals surface area contributed by atoms with E-state index in [9.17, 15) is 13.2 Å². The van der Waals surface area contributed by atoms with Crippen molar-refractivity contribution in [3.05, 3.63) is 58.6 Å². The van der Waals surface area contributed by atoms with E-state index in [0.717, 1.165) is 17.4 Å². The number of aryl methyl sites for hydroxylation is 1. The Hall–Kier alpha value is -2.25. The third kappa shape index (κ3) is 4.73. The number of anilines is 1. The Morgan fingerprint density at radius 1 is 1.30 bits per heavy atom. The molecule has 0 saturated carbocycles. The molecular formula is C19H21ClN2O4S. The van der Waals surface area contributed by atoms with Crippen LogP contribution in [0.3, 0.4) is 0 Å². The van der Waals surface area contributed by atoms with E-state index in [4.69, 9.17) is 16.3 Å². The number of rotatable bonds is 4. The third-order valence-corrected chi connectivity index (χ3v) is 5.71. The molecule has 0 saturated heterocycles. The highest BCUT2D eigenvalue weighted by atomic mass is 35.5. The molecular weight excluding hydrogens is 388 g/mol. The standard InChI is InChI=1S/C19H21ClN2O4S/c1-13-4-3-5-14(10-13)12-21-19(23)18-8-9-22(27(2,24)25)16-11-15(20)6-7-17(16)26-18/h3-7,10-11,18H,8-9,12H2,1-2H3,(H,21,23). The molecule has 1 unspecified atom stereocenters. The Bertz CT molecular complexity index is 962. The highest BCUT2D eigenvalue weighted by molar-refractivity contribution is 7.92. The van der Waals surface area contributed by atoms with Gasteiger partial charge in [-0.3, -0.25) is 9.10 Å². The van der Waals surface area contributed by atoms with Gasteiger partial charge in [0.05, 0.1) is 11.9 Å². The summed E-state index contributed by atoms with van der Waals surface area (Å²) >= 11 is 6.02. The Morgan fingerprint density at radius 2 is 2.07 bits per heavy atom. The average Bonchev–Trinajstić information content (AvgIpc) is 2.79. The second kappa shape index (κ2) is 7.78. The molecule has 1 atom stereocenters. The summed E-state index contributed by atoms with van der Waals surface area (Å²) < 4.78 is 31.4. The van der Waals surface area contributed by atoms with Crippen molar-refractivity contribution in [1.82, 2.24) is 5.32 Å². The molecule has 2 aromatic carbocycles. The fraction of sp³-hybridized carbons (Fsp3) is 0.316. The quantitative estimate of drug-likeness (QED) is 0.844. The van der Waals surface area contributed by atoms with E-state index in [2.05, 4.69) is 5.32 Å². The zero-order valence-electron chi connectivity index (χ0n) is 15.1. The Kier molecular flexibility index (Phi) is 5.62. The molecule has 0 fully saturated rings. The van der Waals surface area contributed by atoms with Gasteiger partial charge in [-0.2, -0.15) is 0 Å². The predicted octanol–water partition coefficient (Wildman–Crippen LogP) is 2.88. The summed E-state index contributed by atoms with van der Waals surface area (Å²) in [6.45, 7) is 2.50. The molecule has 1 aliphatic heterocycles. The second-order valence-corrected chi connectivity index (χ2v) is 8.89. The first-order chi connectivity index (χ1) is 12.7. The number of nitrogens with zero attached hydrogens (tertiary/aromatic N) is 1. The van der Waals surface area contributed by atoms with Gasteiger partial charge in [0.25, 0.3) is 5.91 Å². The molecule has 0 radical (unpaired) electrons. The number of benzene rings is 2. The molecule has 8 heteroatoms. The smallest absolute Gasteiger partial charge is 0.261 e. The molecule has 2 aromatic rings. The molecule has 3 rings (SSSR count). The van der Waals surface area contributed by atoms with Crippen molar-refractivity contribution in [2.24, 2.45) is 0 Å². The fourth-order valence-corrected chi connectivity index (χ4v) is 4.11. The van der Waals surface area contributed by atoms with Gasteiger partial charge in [-0.05, 0) is 30.7 Å². The minimum Gasteiger partial charge on any atom is -0.478 e. The van der Waals surface area contributed by atoms with Crippen LogP contribution in [0.4, 0.5) is 5.69 Å². The van der Waals surface area contributed by atoms with Crippen molar-refractivity contribution >= 4 is 33.2 Å². The minimum atomic E-state index is -3.53. The zero-order chi connectivity index (χ0) is 19.6. The van der Waals surface area contributed by atoms with Crippen molar-refractivity contribution in [2.45, 2.75) is 26.0 Å². The minimum absolute atomic E-state index is 0.134. The Labute approximate surface area is 164 Å². The largest absolute Gasteiger partial charge is 0.478 e. The van der Waals surface area contributed by atoms with E-state index in [1.807, 2.05) is 31.2 Å². The number of hydrogen-bond acceptors (Lipinski definition) is 4. The number of ether oxygens (including phenoxy) is 1. The number of amides is 1.